The molecule has 5 heteroatoms. The van der Waals surface area contributed by atoms with Crippen molar-refractivity contribution in [3.63, 3.8) is 0 Å². The van der Waals surface area contributed by atoms with Crippen molar-refractivity contribution in [3.05, 3.63) is 51.5 Å². The molecule has 0 aliphatic heterocycles. The molecule has 1 aromatic carbocycles. The summed E-state index contributed by atoms with van der Waals surface area (Å²) < 4.78 is 16.9. The Hall–Kier alpha value is -1.20. The Labute approximate surface area is 121 Å². The molecule has 0 aliphatic rings. The molecule has 1 aromatic heterocycles. The molecular formula is C14H17BrFN3. The summed E-state index contributed by atoms with van der Waals surface area (Å²) in [7, 11) is 1.82. The van der Waals surface area contributed by atoms with E-state index in [2.05, 4.69) is 26.3 Å². The van der Waals surface area contributed by atoms with Crippen LogP contribution in [-0.4, -0.2) is 16.8 Å². The van der Waals surface area contributed by atoms with Gasteiger partial charge in [-0.15, -0.1) is 0 Å². The van der Waals surface area contributed by atoms with E-state index in [1.54, 1.807) is 12.3 Å². The Morgan fingerprint density at radius 3 is 2.79 bits per heavy atom. The third-order valence-electron chi connectivity index (χ3n) is 3.16. The Balaban J connectivity index is 2.52. The fourth-order valence-corrected chi connectivity index (χ4v) is 2.74. The first-order valence-electron chi connectivity index (χ1n) is 6.23. The zero-order chi connectivity index (χ0) is 14.0. The molecule has 102 valence electrons. The van der Waals surface area contributed by atoms with Crippen LogP contribution in [0.1, 0.15) is 29.8 Å². The minimum absolute atomic E-state index is 0.199. The third kappa shape index (κ3) is 2.72. The van der Waals surface area contributed by atoms with Gasteiger partial charge in [-0.1, -0.05) is 12.1 Å². The molecule has 1 heterocycles. The van der Waals surface area contributed by atoms with Gasteiger partial charge >= 0.3 is 0 Å². The maximum atomic E-state index is 14.2. The number of halogens is 2. The van der Waals surface area contributed by atoms with Crippen LogP contribution in [0, 0.1) is 12.7 Å². The van der Waals surface area contributed by atoms with Crippen LogP contribution in [0.15, 0.2) is 28.9 Å². The van der Waals surface area contributed by atoms with Gasteiger partial charge in [-0.2, -0.15) is 5.10 Å². The quantitative estimate of drug-likeness (QED) is 0.933. The summed E-state index contributed by atoms with van der Waals surface area (Å²) >= 11 is 3.49. The highest BCUT2D eigenvalue weighted by Gasteiger charge is 2.22. The smallest absolute Gasteiger partial charge is 0.128 e. The van der Waals surface area contributed by atoms with Crippen molar-refractivity contribution in [2.45, 2.75) is 26.4 Å². The van der Waals surface area contributed by atoms with Gasteiger partial charge in [-0.3, -0.25) is 4.68 Å². The topological polar surface area (TPSA) is 29.9 Å². The summed E-state index contributed by atoms with van der Waals surface area (Å²) in [4.78, 5) is 0. The first-order chi connectivity index (χ1) is 9.08. The van der Waals surface area contributed by atoms with E-state index in [0.29, 0.717) is 5.56 Å². The molecule has 3 nitrogen and oxygen atoms in total. The number of hydrogen-bond donors (Lipinski definition) is 1. The van der Waals surface area contributed by atoms with Crippen molar-refractivity contribution < 1.29 is 4.39 Å². The predicted octanol–water partition coefficient (Wildman–Crippen LogP) is 3.42. The van der Waals surface area contributed by atoms with Crippen molar-refractivity contribution in [2.75, 3.05) is 7.05 Å². The van der Waals surface area contributed by atoms with E-state index in [4.69, 9.17) is 0 Å². The number of rotatable bonds is 4. The first kappa shape index (κ1) is 14.2. The largest absolute Gasteiger partial charge is 0.308 e. The molecule has 0 saturated carbocycles. The Morgan fingerprint density at radius 2 is 2.21 bits per heavy atom. The Kier molecular flexibility index (Phi) is 4.37. The zero-order valence-electron chi connectivity index (χ0n) is 11.2. The number of hydrogen-bond acceptors (Lipinski definition) is 2. The average Bonchev–Trinajstić information content (AvgIpc) is 2.74. The lowest BCUT2D eigenvalue weighted by Crippen LogP contribution is -2.23. The number of nitrogens with zero attached hydrogens (tertiary/aromatic N) is 2. The monoisotopic (exact) mass is 325 g/mol. The van der Waals surface area contributed by atoms with Crippen LogP contribution in [0.2, 0.25) is 0 Å². The summed E-state index contributed by atoms with van der Waals surface area (Å²) in [5.74, 6) is -0.199. The van der Waals surface area contributed by atoms with Gasteiger partial charge in [0.15, 0.2) is 0 Å². The molecule has 1 N–H and O–H groups in total. The first-order valence-corrected chi connectivity index (χ1v) is 7.02. The van der Waals surface area contributed by atoms with Crippen LogP contribution in [0.25, 0.3) is 0 Å². The van der Waals surface area contributed by atoms with E-state index < -0.39 is 0 Å². The molecule has 1 unspecified atom stereocenters. The van der Waals surface area contributed by atoms with Crippen molar-refractivity contribution in [2.24, 2.45) is 0 Å². The van der Waals surface area contributed by atoms with Crippen LogP contribution in [0.3, 0.4) is 0 Å². The van der Waals surface area contributed by atoms with Crippen LogP contribution in [0.5, 0.6) is 0 Å². The number of benzene rings is 1. The van der Waals surface area contributed by atoms with Gasteiger partial charge in [0.1, 0.15) is 5.82 Å². The number of aryl methyl sites for hydroxylation is 2. The highest BCUT2D eigenvalue weighted by Crippen LogP contribution is 2.30. The number of nitrogens with one attached hydrogen (secondary N) is 1. The molecule has 0 bridgehead atoms. The van der Waals surface area contributed by atoms with Crippen molar-refractivity contribution in [1.82, 2.24) is 15.1 Å². The maximum absolute atomic E-state index is 14.2. The van der Waals surface area contributed by atoms with Crippen LogP contribution in [0.4, 0.5) is 4.39 Å². The minimum Gasteiger partial charge on any atom is -0.308 e. The lowest BCUT2D eigenvalue weighted by Gasteiger charge is -2.19. The van der Waals surface area contributed by atoms with Crippen LogP contribution in [-0.2, 0) is 6.54 Å². The normalized spacial score (nSPS) is 12.7. The van der Waals surface area contributed by atoms with Gasteiger partial charge in [0.2, 0.25) is 0 Å². The molecule has 2 aromatic rings. The Bertz CT molecular complexity index is 580. The molecule has 19 heavy (non-hydrogen) atoms. The summed E-state index contributed by atoms with van der Waals surface area (Å²) in [6.45, 7) is 4.64. The van der Waals surface area contributed by atoms with E-state index in [1.807, 2.05) is 37.7 Å². The number of aromatic nitrogens is 2. The second kappa shape index (κ2) is 5.84. The maximum Gasteiger partial charge on any atom is 0.128 e. The SMILES string of the molecule is CCn1ncc(Br)c1C(NC)c1ccc(C)cc1F. The molecule has 0 spiro atoms. The molecule has 0 aliphatic carbocycles. The van der Waals surface area contributed by atoms with Gasteiger partial charge in [0.25, 0.3) is 0 Å². The van der Waals surface area contributed by atoms with Crippen molar-refractivity contribution in [3.8, 4) is 0 Å². The lowest BCUT2D eigenvalue weighted by atomic mass is 10.0. The summed E-state index contributed by atoms with van der Waals surface area (Å²) in [6, 6.07) is 5.08. The van der Waals surface area contributed by atoms with Gasteiger partial charge in [-0.25, -0.2) is 4.39 Å². The van der Waals surface area contributed by atoms with E-state index >= 15 is 0 Å². The minimum atomic E-state index is -0.225. The molecule has 0 amide bonds. The summed E-state index contributed by atoms with van der Waals surface area (Å²) in [6.07, 6.45) is 1.75. The van der Waals surface area contributed by atoms with Gasteiger partial charge in [0.05, 0.1) is 22.4 Å². The molecule has 0 fully saturated rings. The molecule has 2 rings (SSSR count). The molecule has 1 atom stereocenters. The highest BCUT2D eigenvalue weighted by molar-refractivity contribution is 9.10. The van der Waals surface area contributed by atoms with Crippen molar-refractivity contribution >= 4 is 15.9 Å². The predicted molar refractivity (Wildman–Crippen MR) is 77.6 cm³/mol. The van der Waals surface area contributed by atoms with Crippen LogP contribution >= 0.6 is 15.9 Å². The van der Waals surface area contributed by atoms with Gasteiger partial charge in [-0.05, 0) is 48.5 Å². The fraction of sp³-hybridized carbons (Fsp3) is 0.357. The van der Waals surface area contributed by atoms with E-state index in [-0.39, 0.29) is 11.9 Å². The Morgan fingerprint density at radius 1 is 1.47 bits per heavy atom. The summed E-state index contributed by atoms with van der Waals surface area (Å²) in [5, 5.41) is 7.45. The second-order valence-corrected chi connectivity index (χ2v) is 5.29. The highest BCUT2D eigenvalue weighted by atomic mass is 79.9. The average molecular weight is 326 g/mol. The van der Waals surface area contributed by atoms with Gasteiger partial charge < -0.3 is 5.32 Å². The second-order valence-electron chi connectivity index (χ2n) is 4.44. The standard InChI is InChI=1S/C14H17BrFN3/c1-4-19-14(11(15)8-18-19)13(17-3)10-6-5-9(2)7-12(10)16/h5-8,13,17H,4H2,1-3H3. The molecular weight excluding hydrogens is 309 g/mol. The fourth-order valence-electron chi connectivity index (χ4n) is 2.22. The zero-order valence-corrected chi connectivity index (χ0v) is 12.8. The van der Waals surface area contributed by atoms with Crippen LogP contribution < -0.4 is 5.32 Å². The summed E-state index contributed by atoms with van der Waals surface area (Å²) in [5.41, 5.74) is 2.48. The molecule has 0 saturated heterocycles. The van der Waals surface area contributed by atoms with Gasteiger partial charge in [0, 0.05) is 12.1 Å². The molecule has 0 radical (unpaired) electrons. The lowest BCUT2D eigenvalue weighted by molar-refractivity contribution is 0.531. The van der Waals surface area contributed by atoms with E-state index in [0.717, 1.165) is 22.3 Å². The van der Waals surface area contributed by atoms with E-state index in [9.17, 15) is 4.39 Å². The van der Waals surface area contributed by atoms with E-state index in [1.165, 1.54) is 0 Å². The third-order valence-corrected chi connectivity index (χ3v) is 3.77. The van der Waals surface area contributed by atoms with Crippen molar-refractivity contribution in [1.29, 1.82) is 0 Å².